The van der Waals surface area contributed by atoms with Crippen molar-refractivity contribution in [1.29, 1.82) is 0 Å². The fourth-order valence-electron chi connectivity index (χ4n) is 3.36. The van der Waals surface area contributed by atoms with Gasteiger partial charge in [0.25, 0.3) is 11.8 Å². The lowest BCUT2D eigenvalue weighted by Crippen LogP contribution is -2.54. The molecule has 6 nitrogen and oxygen atoms in total. The Morgan fingerprint density at radius 2 is 1.73 bits per heavy atom. The van der Waals surface area contributed by atoms with Crippen LogP contribution in [0.1, 0.15) is 12.5 Å². The van der Waals surface area contributed by atoms with Gasteiger partial charge in [-0.3, -0.25) is 14.9 Å². The Labute approximate surface area is 171 Å². The lowest BCUT2D eigenvalue weighted by atomic mass is 9.99. The number of anilines is 1. The van der Waals surface area contributed by atoms with Crippen molar-refractivity contribution in [3.05, 3.63) is 77.6 Å². The molecule has 7 heteroatoms. The van der Waals surface area contributed by atoms with Crippen LogP contribution in [0, 0.1) is 5.82 Å². The topological polar surface area (TPSA) is 75.7 Å². The average molecular weight is 404 g/mol. The molecule has 0 spiro atoms. The van der Waals surface area contributed by atoms with Crippen molar-refractivity contribution in [2.45, 2.75) is 6.92 Å². The van der Waals surface area contributed by atoms with Gasteiger partial charge in [-0.15, -0.1) is 0 Å². The van der Waals surface area contributed by atoms with Crippen LogP contribution < -0.4 is 15.0 Å². The average Bonchev–Trinajstić information content (AvgIpc) is 2.73. The van der Waals surface area contributed by atoms with Gasteiger partial charge in [0.1, 0.15) is 17.1 Å². The van der Waals surface area contributed by atoms with Crippen molar-refractivity contribution >= 4 is 40.4 Å². The van der Waals surface area contributed by atoms with E-state index in [1.165, 1.54) is 24.3 Å². The smallest absolute Gasteiger partial charge is 0.336 e. The molecule has 1 saturated heterocycles. The summed E-state index contributed by atoms with van der Waals surface area (Å²) in [5, 5.41) is 3.76. The maximum atomic E-state index is 14.2. The molecule has 1 aliphatic heterocycles. The Morgan fingerprint density at radius 3 is 2.50 bits per heavy atom. The van der Waals surface area contributed by atoms with E-state index in [0.717, 1.165) is 16.8 Å². The first-order valence-corrected chi connectivity index (χ1v) is 9.31. The van der Waals surface area contributed by atoms with E-state index in [-0.39, 0.29) is 11.3 Å². The standard InChI is InChI=1S/C23H17FN2O4/c1-2-30-20-12-11-14-7-3-4-8-15(14)16(20)13-17-21(27)25-23(29)26(22(17)28)19-10-6-5-9-18(19)24/h3-13H,2H2,1H3,(H,25,27,29)/b17-13-. The number of para-hydroxylation sites is 1. The van der Waals surface area contributed by atoms with Crippen LogP contribution in [0.5, 0.6) is 5.75 Å². The van der Waals surface area contributed by atoms with E-state index in [4.69, 9.17) is 4.74 Å². The van der Waals surface area contributed by atoms with Crippen molar-refractivity contribution in [1.82, 2.24) is 5.32 Å². The zero-order chi connectivity index (χ0) is 21.3. The molecule has 4 rings (SSSR count). The molecular formula is C23H17FN2O4. The maximum Gasteiger partial charge on any atom is 0.336 e. The molecular weight excluding hydrogens is 387 g/mol. The third kappa shape index (κ3) is 3.30. The van der Waals surface area contributed by atoms with Gasteiger partial charge in [-0.05, 0) is 42.0 Å². The lowest BCUT2D eigenvalue weighted by Gasteiger charge is -2.26. The molecule has 0 aliphatic carbocycles. The number of imide groups is 2. The summed E-state index contributed by atoms with van der Waals surface area (Å²) in [6.45, 7) is 2.21. The van der Waals surface area contributed by atoms with Crippen molar-refractivity contribution in [2.75, 3.05) is 11.5 Å². The van der Waals surface area contributed by atoms with Gasteiger partial charge in [-0.1, -0.05) is 42.5 Å². The van der Waals surface area contributed by atoms with Gasteiger partial charge in [-0.25, -0.2) is 14.1 Å². The minimum atomic E-state index is -1.00. The molecule has 150 valence electrons. The second kappa shape index (κ2) is 7.79. The molecule has 3 aromatic carbocycles. The number of carbonyl (C=O) groups excluding carboxylic acids is 3. The lowest BCUT2D eigenvalue weighted by molar-refractivity contribution is -0.122. The van der Waals surface area contributed by atoms with E-state index in [9.17, 15) is 18.8 Å². The summed E-state index contributed by atoms with van der Waals surface area (Å²) in [7, 11) is 0. The fraction of sp³-hybridized carbons (Fsp3) is 0.0870. The largest absolute Gasteiger partial charge is 0.493 e. The van der Waals surface area contributed by atoms with Gasteiger partial charge >= 0.3 is 6.03 Å². The van der Waals surface area contributed by atoms with E-state index < -0.39 is 23.7 Å². The predicted molar refractivity (Wildman–Crippen MR) is 111 cm³/mol. The number of fused-ring (bicyclic) bond motifs is 1. The molecule has 0 atom stereocenters. The molecule has 0 saturated carbocycles. The summed E-state index contributed by atoms with van der Waals surface area (Å²) >= 11 is 0. The van der Waals surface area contributed by atoms with Crippen molar-refractivity contribution in [2.24, 2.45) is 0 Å². The van der Waals surface area contributed by atoms with Crippen LogP contribution in [-0.2, 0) is 9.59 Å². The zero-order valence-electron chi connectivity index (χ0n) is 16.0. The first-order valence-electron chi connectivity index (χ1n) is 9.31. The van der Waals surface area contributed by atoms with Crippen LogP contribution >= 0.6 is 0 Å². The second-order valence-electron chi connectivity index (χ2n) is 6.54. The number of urea groups is 1. The molecule has 30 heavy (non-hydrogen) atoms. The molecule has 0 unspecified atom stereocenters. The summed E-state index contributed by atoms with van der Waals surface area (Å²) in [5.74, 6) is -2.04. The normalized spacial score (nSPS) is 15.6. The van der Waals surface area contributed by atoms with Crippen LogP contribution in [0.25, 0.3) is 16.8 Å². The molecule has 1 fully saturated rings. The van der Waals surface area contributed by atoms with Crippen molar-refractivity contribution in [3.63, 3.8) is 0 Å². The molecule has 0 bridgehead atoms. The summed E-state index contributed by atoms with van der Waals surface area (Å²) < 4.78 is 19.9. The van der Waals surface area contributed by atoms with Gasteiger partial charge < -0.3 is 4.74 Å². The van der Waals surface area contributed by atoms with E-state index in [2.05, 4.69) is 5.32 Å². The number of hydrogen-bond donors (Lipinski definition) is 1. The Balaban J connectivity index is 1.88. The van der Waals surface area contributed by atoms with Gasteiger partial charge in [0.2, 0.25) is 0 Å². The van der Waals surface area contributed by atoms with Crippen LogP contribution in [0.2, 0.25) is 0 Å². The van der Waals surface area contributed by atoms with E-state index in [0.29, 0.717) is 22.8 Å². The maximum absolute atomic E-state index is 14.2. The third-order valence-electron chi connectivity index (χ3n) is 4.71. The van der Waals surface area contributed by atoms with Crippen molar-refractivity contribution in [3.8, 4) is 5.75 Å². The fourth-order valence-corrected chi connectivity index (χ4v) is 3.36. The Morgan fingerprint density at radius 1 is 1.00 bits per heavy atom. The summed E-state index contributed by atoms with van der Waals surface area (Å²) in [6, 6.07) is 15.4. The molecule has 1 N–H and O–H groups in total. The monoisotopic (exact) mass is 404 g/mol. The summed E-state index contributed by atoms with van der Waals surface area (Å²) in [5.41, 5.74) is -0.00667. The molecule has 1 aliphatic rings. The van der Waals surface area contributed by atoms with Gasteiger partial charge in [0.15, 0.2) is 0 Å². The Hall–Kier alpha value is -4.00. The zero-order valence-corrected chi connectivity index (χ0v) is 16.0. The van der Waals surface area contributed by atoms with E-state index in [1.807, 2.05) is 37.3 Å². The Kier molecular flexibility index (Phi) is 5.02. The molecule has 1 heterocycles. The number of amides is 4. The third-order valence-corrected chi connectivity index (χ3v) is 4.71. The van der Waals surface area contributed by atoms with Crippen LogP contribution in [0.15, 0.2) is 66.2 Å². The minimum Gasteiger partial charge on any atom is -0.493 e. The van der Waals surface area contributed by atoms with Gasteiger partial charge in [0.05, 0.1) is 12.3 Å². The van der Waals surface area contributed by atoms with E-state index >= 15 is 0 Å². The number of benzene rings is 3. The number of nitrogens with one attached hydrogen (secondary N) is 1. The highest BCUT2D eigenvalue weighted by molar-refractivity contribution is 6.39. The predicted octanol–water partition coefficient (Wildman–Crippen LogP) is 4.04. The first-order chi connectivity index (χ1) is 14.5. The highest BCUT2D eigenvalue weighted by Crippen LogP contribution is 2.32. The quantitative estimate of drug-likeness (QED) is 0.526. The number of nitrogens with zero attached hydrogens (tertiary/aromatic N) is 1. The molecule has 4 amide bonds. The first kappa shape index (κ1) is 19.3. The van der Waals surface area contributed by atoms with Gasteiger partial charge in [0, 0.05) is 5.56 Å². The summed E-state index contributed by atoms with van der Waals surface area (Å²) in [6.07, 6.45) is 1.38. The number of ether oxygens (including phenoxy) is 1. The number of hydrogen-bond acceptors (Lipinski definition) is 4. The number of carbonyl (C=O) groups is 3. The highest BCUT2D eigenvalue weighted by Gasteiger charge is 2.38. The number of barbiturate groups is 1. The van der Waals surface area contributed by atoms with Crippen LogP contribution in [0.4, 0.5) is 14.9 Å². The molecule has 0 radical (unpaired) electrons. The van der Waals surface area contributed by atoms with Crippen molar-refractivity contribution < 1.29 is 23.5 Å². The Bertz CT molecular complexity index is 1220. The summed E-state index contributed by atoms with van der Waals surface area (Å²) in [4.78, 5) is 38.5. The van der Waals surface area contributed by atoms with Gasteiger partial charge in [-0.2, -0.15) is 0 Å². The number of rotatable bonds is 4. The SMILES string of the molecule is CCOc1ccc2ccccc2c1/C=C1/C(=O)NC(=O)N(c2ccccc2F)C1=O. The van der Waals surface area contributed by atoms with E-state index in [1.54, 1.807) is 6.07 Å². The highest BCUT2D eigenvalue weighted by atomic mass is 19.1. The van der Waals surface area contributed by atoms with Crippen LogP contribution in [-0.4, -0.2) is 24.5 Å². The van der Waals surface area contributed by atoms with Crippen LogP contribution in [0.3, 0.4) is 0 Å². The minimum absolute atomic E-state index is 0.235. The molecule has 3 aromatic rings. The molecule has 0 aromatic heterocycles. The number of halogens is 1. The second-order valence-corrected chi connectivity index (χ2v) is 6.54.